The number of carbonyl (C=O) groups is 1. The Hall–Kier alpha value is -2.84. The van der Waals surface area contributed by atoms with Crippen LogP contribution < -0.4 is 14.8 Å². The molecule has 1 saturated carbocycles. The van der Waals surface area contributed by atoms with Crippen molar-refractivity contribution in [2.24, 2.45) is 0 Å². The number of hydrogen-bond acceptors (Lipinski definition) is 5. The highest BCUT2D eigenvalue weighted by Crippen LogP contribution is 2.30. The van der Waals surface area contributed by atoms with Gasteiger partial charge in [0.15, 0.2) is 0 Å². The number of carbonyl (C=O) groups excluding carboxylic acids is 1. The van der Waals surface area contributed by atoms with Crippen molar-refractivity contribution >= 4 is 5.91 Å². The maximum absolute atomic E-state index is 12.6. The second-order valence-electron chi connectivity index (χ2n) is 6.54. The number of methoxy groups -OCH3 is 1. The predicted molar refractivity (Wildman–Crippen MR) is 94.2 cm³/mol. The van der Waals surface area contributed by atoms with Gasteiger partial charge >= 0.3 is 6.18 Å². The fourth-order valence-electron chi connectivity index (χ4n) is 3.02. The molecule has 9 heteroatoms. The van der Waals surface area contributed by atoms with Gasteiger partial charge in [-0.25, -0.2) is 9.97 Å². The third-order valence-corrected chi connectivity index (χ3v) is 4.57. The number of halogens is 3. The molecule has 6 nitrogen and oxygen atoms in total. The van der Waals surface area contributed by atoms with Crippen LogP contribution in [0.1, 0.15) is 41.6 Å². The van der Waals surface area contributed by atoms with Crippen LogP contribution in [-0.4, -0.2) is 35.1 Å². The Morgan fingerprint density at radius 2 is 1.71 bits per heavy atom. The van der Waals surface area contributed by atoms with E-state index in [4.69, 9.17) is 9.47 Å². The minimum absolute atomic E-state index is 0.00927. The van der Waals surface area contributed by atoms with Gasteiger partial charge in [-0.3, -0.25) is 4.79 Å². The first-order chi connectivity index (χ1) is 13.3. The molecule has 1 amide bonds. The molecule has 3 rings (SSSR count). The van der Waals surface area contributed by atoms with E-state index in [2.05, 4.69) is 15.3 Å². The van der Waals surface area contributed by atoms with Crippen LogP contribution in [0.2, 0.25) is 0 Å². The van der Waals surface area contributed by atoms with Gasteiger partial charge in [-0.2, -0.15) is 13.2 Å². The zero-order chi connectivity index (χ0) is 20.1. The fourth-order valence-corrected chi connectivity index (χ4v) is 3.02. The van der Waals surface area contributed by atoms with Crippen molar-refractivity contribution < 1.29 is 27.4 Å². The van der Waals surface area contributed by atoms with E-state index in [-0.39, 0.29) is 23.9 Å². The van der Waals surface area contributed by atoms with Gasteiger partial charge in [0, 0.05) is 30.6 Å². The highest BCUT2D eigenvalue weighted by Gasteiger charge is 2.31. The number of hydrogen-bond donors (Lipinski definition) is 1. The number of amides is 1. The van der Waals surface area contributed by atoms with Gasteiger partial charge in [0.05, 0.1) is 18.2 Å². The van der Waals surface area contributed by atoms with Crippen LogP contribution in [0.25, 0.3) is 0 Å². The van der Waals surface area contributed by atoms with Gasteiger partial charge in [0.1, 0.15) is 6.10 Å². The van der Waals surface area contributed by atoms with Crippen LogP contribution in [-0.2, 0) is 6.18 Å². The number of aromatic nitrogens is 2. The topological polar surface area (TPSA) is 73.3 Å². The number of nitrogens with one attached hydrogen (secondary N) is 1. The molecule has 2 heterocycles. The first-order valence-electron chi connectivity index (χ1n) is 8.86. The van der Waals surface area contributed by atoms with E-state index in [1.807, 2.05) is 0 Å². The van der Waals surface area contributed by atoms with Gasteiger partial charge in [0.2, 0.25) is 11.8 Å². The SMILES string of the molecule is COc1ccc(C(=O)NC2CCC(Oc3ccc(C(F)(F)F)cn3)CC2)cn1. The Kier molecular flexibility index (Phi) is 6.01. The monoisotopic (exact) mass is 395 g/mol. The minimum Gasteiger partial charge on any atom is -0.481 e. The molecule has 0 aromatic carbocycles. The fraction of sp³-hybridized carbons (Fsp3) is 0.421. The van der Waals surface area contributed by atoms with Crippen molar-refractivity contribution in [2.75, 3.05) is 7.11 Å². The summed E-state index contributed by atoms with van der Waals surface area (Å²) in [6.07, 6.45) is 0.439. The largest absolute Gasteiger partial charge is 0.481 e. The standard InChI is InChI=1S/C19H20F3N3O3/c1-27-16-8-2-12(10-23-16)18(26)25-14-4-6-15(7-5-14)28-17-9-3-13(11-24-17)19(20,21)22/h2-3,8-11,14-15H,4-7H2,1H3,(H,25,26). The lowest BCUT2D eigenvalue weighted by Crippen LogP contribution is -2.39. The Morgan fingerprint density at radius 1 is 1.04 bits per heavy atom. The van der Waals surface area contributed by atoms with Gasteiger partial charge in [-0.1, -0.05) is 0 Å². The summed E-state index contributed by atoms with van der Waals surface area (Å²) in [4.78, 5) is 20.0. The first kappa shape index (κ1) is 19.9. The molecule has 28 heavy (non-hydrogen) atoms. The Morgan fingerprint density at radius 3 is 2.25 bits per heavy atom. The maximum Gasteiger partial charge on any atom is 0.417 e. The normalized spacial score (nSPS) is 19.7. The molecular weight excluding hydrogens is 375 g/mol. The van der Waals surface area contributed by atoms with Crippen molar-refractivity contribution in [2.45, 2.75) is 44.0 Å². The van der Waals surface area contributed by atoms with E-state index in [1.54, 1.807) is 12.1 Å². The average molecular weight is 395 g/mol. The van der Waals surface area contributed by atoms with Gasteiger partial charge < -0.3 is 14.8 Å². The molecule has 0 aliphatic heterocycles. The Balaban J connectivity index is 1.47. The van der Waals surface area contributed by atoms with E-state index in [0.717, 1.165) is 12.3 Å². The molecule has 0 spiro atoms. The van der Waals surface area contributed by atoms with E-state index >= 15 is 0 Å². The lowest BCUT2D eigenvalue weighted by Gasteiger charge is -2.29. The van der Waals surface area contributed by atoms with Crippen LogP contribution in [0, 0.1) is 0 Å². The summed E-state index contributed by atoms with van der Waals surface area (Å²) in [6.45, 7) is 0. The quantitative estimate of drug-likeness (QED) is 0.837. The van der Waals surface area contributed by atoms with E-state index < -0.39 is 11.7 Å². The number of alkyl halides is 3. The molecule has 2 aromatic rings. The van der Waals surface area contributed by atoms with Crippen molar-refractivity contribution in [1.82, 2.24) is 15.3 Å². The van der Waals surface area contributed by atoms with Gasteiger partial charge in [-0.15, -0.1) is 0 Å². The molecule has 0 bridgehead atoms. The minimum atomic E-state index is -4.42. The second-order valence-corrected chi connectivity index (χ2v) is 6.54. The predicted octanol–water partition coefficient (Wildman–Crippen LogP) is 3.62. The van der Waals surface area contributed by atoms with E-state index in [0.29, 0.717) is 37.1 Å². The summed E-state index contributed by atoms with van der Waals surface area (Å²) in [5, 5.41) is 2.97. The van der Waals surface area contributed by atoms with Crippen LogP contribution in [0.4, 0.5) is 13.2 Å². The van der Waals surface area contributed by atoms with Crippen molar-refractivity contribution in [3.63, 3.8) is 0 Å². The van der Waals surface area contributed by atoms with Crippen molar-refractivity contribution in [3.05, 3.63) is 47.8 Å². The summed E-state index contributed by atoms with van der Waals surface area (Å²) < 4.78 is 48.3. The summed E-state index contributed by atoms with van der Waals surface area (Å²) in [5.41, 5.74) is -0.354. The summed E-state index contributed by atoms with van der Waals surface area (Å²) in [7, 11) is 1.50. The highest BCUT2D eigenvalue weighted by atomic mass is 19.4. The van der Waals surface area contributed by atoms with E-state index in [9.17, 15) is 18.0 Å². The van der Waals surface area contributed by atoms with Gasteiger partial charge in [0.25, 0.3) is 5.91 Å². The smallest absolute Gasteiger partial charge is 0.417 e. The summed E-state index contributed by atoms with van der Waals surface area (Å²) in [5.74, 6) is 0.403. The van der Waals surface area contributed by atoms with Crippen molar-refractivity contribution in [1.29, 1.82) is 0 Å². The molecule has 0 saturated heterocycles. The zero-order valence-electron chi connectivity index (χ0n) is 15.2. The van der Waals surface area contributed by atoms with Crippen LogP contribution >= 0.6 is 0 Å². The number of pyridine rings is 2. The molecule has 1 N–H and O–H groups in total. The number of nitrogens with zero attached hydrogens (tertiary/aromatic N) is 2. The molecule has 0 unspecified atom stereocenters. The van der Waals surface area contributed by atoms with Crippen LogP contribution in [0.5, 0.6) is 11.8 Å². The summed E-state index contributed by atoms with van der Waals surface area (Å²) >= 11 is 0. The molecule has 1 aliphatic carbocycles. The molecule has 150 valence electrons. The van der Waals surface area contributed by atoms with E-state index in [1.165, 1.54) is 19.4 Å². The third kappa shape index (κ3) is 5.11. The Bertz CT molecular complexity index is 787. The third-order valence-electron chi connectivity index (χ3n) is 4.57. The maximum atomic E-state index is 12.6. The molecule has 2 aromatic heterocycles. The molecule has 0 atom stereocenters. The second kappa shape index (κ2) is 8.45. The average Bonchev–Trinajstić information content (AvgIpc) is 2.69. The first-order valence-corrected chi connectivity index (χ1v) is 8.86. The molecular formula is C19H20F3N3O3. The molecule has 1 fully saturated rings. The zero-order valence-corrected chi connectivity index (χ0v) is 15.2. The molecule has 1 aliphatic rings. The lowest BCUT2D eigenvalue weighted by molar-refractivity contribution is -0.137. The lowest BCUT2D eigenvalue weighted by atomic mass is 9.92. The van der Waals surface area contributed by atoms with Crippen LogP contribution in [0.15, 0.2) is 36.7 Å². The number of rotatable bonds is 5. The van der Waals surface area contributed by atoms with Crippen LogP contribution in [0.3, 0.4) is 0 Å². The highest BCUT2D eigenvalue weighted by molar-refractivity contribution is 5.94. The van der Waals surface area contributed by atoms with Crippen molar-refractivity contribution in [3.8, 4) is 11.8 Å². The van der Waals surface area contributed by atoms with Gasteiger partial charge in [-0.05, 0) is 37.8 Å². The Labute approximate surface area is 160 Å². The number of ether oxygens (including phenoxy) is 2. The molecule has 0 radical (unpaired) electrons. The summed E-state index contributed by atoms with van der Waals surface area (Å²) in [6, 6.07) is 5.46.